The summed E-state index contributed by atoms with van der Waals surface area (Å²) in [5.41, 5.74) is 0.492. The summed E-state index contributed by atoms with van der Waals surface area (Å²) in [5.74, 6) is 1.34. The fraction of sp³-hybridized carbons (Fsp3) is 0.294. The van der Waals surface area contributed by atoms with Gasteiger partial charge in [-0.3, -0.25) is 4.79 Å². The number of rotatable bonds is 3. The van der Waals surface area contributed by atoms with E-state index in [0.29, 0.717) is 47.5 Å². The summed E-state index contributed by atoms with van der Waals surface area (Å²) >= 11 is 14.2. The maximum absolute atomic E-state index is 12.9. The Morgan fingerprint density at radius 1 is 1.20 bits per heavy atom. The molecule has 0 unspecified atom stereocenters. The van der Waals surface area contributed by atoms with Gasteiger partial charge in [0, 0.05) is 35.9 Å². The van der Waals surface area contributed by atoms with Crippen molar-refractivity contribution >= 4 is 57.5 Å². The first-order valence-electron chi connectivity index (χ1n) is 7.68. The van der Waals surface area contributed by atoms with Crippen LogP contribution in [0.1, 0.15) is 10.4 Å². The zero-order valence-corrected chi connectivity index (χ0v) is 17.2. The molecule has 1 aromatic carbocycles. The van der Waals surface area contributed by atoms with Gasteiger partial charge < -0.3 is 14.5 Å². The number of pyridine rings is 1. The van der Waals surface area contributed by atoms with E-state index in [0.717, 1.165) is 9.39 Å². The standard InChI is InChI=1S/C17H16Cl2IN3O2/c1-25-15-9-14(20)13(19)8-12(15)17(24)23-6-4-22(5-7-23)16-3-2-11(18)10-21-16/h2-3,8-10H,4-7H2,1H3. The van der Waals surface area contributed by atoms with Crippen LogP contribution in [0.5, 0.6) is 5.75 Å². The number of hydrogen-bond acceptors (Lipinski definition) is 4. The van der Waals surface area contributed by atoms with Crippen LogP contribution in [-0.2, 0) is 0 Å². The lowest BCUT2D eigenvalue weighted by molar-refractivity contribution is 0.0743. The van der Waals surface area contributed by atoms with Crippen LogP contribution < -0.4 is 9.64 Å². The van der Waals surface area contributed by atoms with Crippen LogP contribution in [0.15, 0.2) is 30.5 Å². The molecular weight excluding hydrogens is 476 g/mol. The quantitative estimate of drug-likeness (QED) is 0.609. The average molecular weight is 492 g/mol. The van der Waals surface area contributed by atoms with E-state index in [9.17, 15) is 4.79 Å². The van der Waals surface area contributed by atoms with Gasteiger partial charge in [-0.15, -0.1) is 0 Å². The number of anilines is 1. The lowest BCUT2D eigenvalue weighted by atomic mass is 10.1. The van der Waals surface area contributed by atoms with Gasteiger partial charge in [0.15, 0.2) is 0 Å². The van der Waals surface area contributed by atoms with Crippen LogP contribution in [0.2, 0.25) is 10.0 Å². The van der Waals surface area contributed by atoms with E-state index < -0.39 is 0 Å². The Bertz CT molecular complexity index is 778. The summed E-state index contributed by atoms with van der Waals surface area (Å²) in [7, 11) is 1.56. The summed E-state index contributed by atoms with van der Waals surface area (Å²) in [6.07, 6.45) is 1.63. The molecule has 5 nitrogen and oxygen atoms in total. The number of piperazine rings is 1. The monoisotopic (exact) mass is 491 g/mol. The highest BCUT2D eigenvalue weighted by molar-refractivity contribution is 14.1. The zero-order chi connectivity index (χ0) is 18.0. The molecule has 3 rings (SSSR count). The molecule has 2 heterocycles. The van der Waals surface area contributed by atoms with Crippen molar-refractivity contribution < 1.29 is 9.53 Å². The van der Waals surface area contributed by atoms with Crippen LogP contribution in [0.3, 0.4) is 0 Å². The third-order valence-corrected chi connectivity index (χ3v) is 5.82. The van der Waals surface area contributed by atoms with Gasteiger partial charge in [-0.2, -0.15) is 0 Å². The molecule has 25 heavy (non-hydrogen) atoms. The molecule has 132 valence electrons. The van der Waals surface area contributed by atoms with Gasteiger partial charge in [0.1, 0.15) is 11.6 Å². The highest BCUT2D eigenvalue weighted by atomic mass is 127. The minimum absolute atomic E-state index is 0.0705. The highest BCUT2D eigenvalue weighted by Crippen LogP contribution is 2.29. The second kappa shape index (κ2) is 7.97. The number of carbonyl (C=O) groups excluding carboxylic acids is 1. The molecule has 0 N–H and O–H groups in total. The van der Waals surface area contributed by atoms with Gasteiger partial charge in [0.2, 0.25) is 0 Å². The molecule has 1 amide bonds. The van der Waals surface area contributed by atoms with E-state index in [1.165, 1.54) is 0 Å². The molecule has 0 aliphatic carbocycles. The second-order valence-electron chi connectivity index (χ2n) is 5.58. The molecule has 0 atom stereocenters. The van der Waals surface area contributed by atoms with Crippen LogP contribution in [0, 0.1) is 3.57 Å². The number of amides is 1. The lowest BCUT2D eigenvalue weighted by Crippen LogP contribution is -2.49. The lowest BCUT2D eigenvalue weighted by Gasteiger charge is -2.35. The number of ether oxygens (including phenoxy) is 1. The Morgan fingerprint density at radius 3 is 2.52 bits per heavy atom. The second-order valence-corrected chi connectivity index (χ2v) is 7.59. The van der Waals surface area contributed by atoms with Crippen molar-refractivity contribution in [3.63, 3.8) is 0 Å². The first-order valence-corrected chi connectivity index (χ1v) is 9.52. The molecule has 0 saturated carbocycles. The van der Waals surface area contributed by atoms with Crippen LogP contribution in [0.4, 0.5) is 5.82 Å². The molecule has 1 aliphatic rings. The van der Waals surface area contributed by atoms with Gasteiger partial charge in [0.25, 0.3) is 5.91 Å². The SMILES string of the molecule is COc1cc(I)c(Cl)cc1C(=O)N1CCN(c2ccc(Cl)cn2)CC1. The van der Waals surface area contributed by atoms with Crippen molar-refractivity contribution in [1.82, 2.24) is 9.88 Å². The Morgan fingerprint density at radius 2 is 1.92 bits per heavy atom. The predicted molar refractivity (Wildman–Crippen MR) is 108 cm³/mol. The molecule has 2 aromatic rings. The average Bonchev–Trinajstić information content (AvgIpc) is 2.64. The molecule has 1 saturated heterocycles. The van der Waals surface area contributed by atoms with Gasteiger partial charge in [-0.25, -0.2) is 4.98 Å². The van der Waals surface area contributed by atoms with Gasteiger partial charge in [-0.05, 0) is 46.9 Å². The van der Waals surface area contributed by atoms with E-state index >= 15 is 0 Å². The molecule has 0 bridgehead atoms. The van der Waals surface area contributed by atoms with Crippen molar-refractivity contribution in [2.75, 3.05) is 38.2 Å². The zero-order valence-electron chi connectivity index (χ0n) is 13.5. The number of halogens is 3. The Kier molecular flexibility index (Phi) is 5.91. The Hall–Kier alpha value is -1.25. The molecule has 0 radical (unpaired) electrons. The van der Waals surface area contributed by atoms with Crippen LogP contribution in [-0.4, -0.2) is 49.1 Å². The molecule has 1 aliphatic heterocycles. The number of aromatic nitrogens is 1. The molecular formula is C17H16Cl2IN3O2. The summed E-state index contributed by atoms with van der Waals surface area (Å²) in [6.45, 7) is 2.63. The first-order chi connectivity index (χ1) is 12.0. The fourth-order valence-electron chi connectivity index (χ4n) is 2.73. The van der Waals surface area contributed by atoms with Gasteiger partial charge in [0.05, 0.1) is 22.7 Å². The number of carbonyl (C=O) groups is 1. The normalized spacial score (nSPS) is 14.6. The minimum Gasteiger partial charge on any atom is -0.496 e. The summed E-state index contributed by atoms with van der Waals surface area (Å²) in [5, 5.41) is 1.16. The van der Waals surface area contributed by atoms with Gasteiger partial charge in [-0.1, -0.05) is 23.2 Å². The van der Waals surface area contributed by atoms with E-state index in [1.54, 1.807) is 25.4 Å². The maximum atomic E-state index is 12.9. The van der Waals surface area contributed by atoms with Crippen LogP contribution in [0.25, 0.3) is 0 Å². The Labute approximate surface area is 170 Å². The van der Waals surface area contributed by atoms with Crippen molar-refractivity contribution in [3.8, 4) is 5.75 Å². The number of nitrogens with zero attached hydrogens (tertiary/aromatic N) is 3. The van der Waals surface area contributed by atoms with Crippen molar-refractivity contribution in [2.24, 2.45) is 0 Å². The highest BCUT2D eigenvalue weighted by Gasteiger charge is 2.25. The third kappa shape index (κ3) is 4.12. The van der Waals surface area contributed by atoms with E-state index in [2.05, 4.69) is 32.5 Å². The van der Waals surface area contributed by atoms with Crippen molar-refractivity contribution in [1.29, 1.82) is 0 Å². The fourth-order valence-corrected chi connectivity index (χ4v) is 3.44. The summed E-state index contributed by atoms with van der Waals surface area (Å²) in [6, 6.07) is 7.17. The van der Waals surface area contributed by atoms with Crippen LogP contribution >= 0.6 is 45.8 Å². The topological polar surface area (TPSA) is 45.7 Å². The third-order valence-electron chi connectivity index (χ3n) is 4.08. The Balaban J connectivity index is 1.71. The predicted octanol–water partition coefficient (Wildman–Crippen LogP) is 3.96. The number of methoxy groups -OCH3 is 1. The van der Waals surface area contributed by atoms with E-state index in [-0.39, 0.29) is 5.91 Å². The largest absolute Gasteiger partial charge is 0.496 e. The first kappa shape index (κ1) is 18.5. The van der Waals surface area contributed by atoms with Gasteiger partial charge >= 0.3 is 0 Å². The van der Waals surface area contributed by atoms with Crippen molar-refractivity contribution in [2.45, 2.75) is 0 Å². The number of hydrogen-bond donors (Lipinski definition) is 0. The number of benzene rings is 1. The molecule has 1 aromatic heterocycles. The molecule has 0 spiro atoms. The maximum Gasteiger partial charge on any atom is 0.257 e. The van der Waals surface area contributed by atoms with Crippen molar-refractivity contribution in [3.05, 3.63) is 49.6 Å². The van der Waals surface area contributed by atoms with E-state index in [1.807, 2.05) is 17.0 Å². The summed E-state index contributed by atoms with van der Waals surface area (Å²) in [4.78, 5) is 21.1. The smallest absolute Gasteiger partial charge is 0.257 e. The molecule has 8 heteroatoms. The van der Waals surface area contributed by atoms with E-state index in [4.69, 9.17) is 27.9 Å². The molecule has 1 fully saturated rings. The summed E-state index contributed by atoms with van der Waals surface area (Å²) < 4.78 is 6.20. The minimum atomic E-state index is -0.0705.